The van der Waals surface area contributed by atoms with Gasteiger partial charge in [0, 0.05) is 11.5 Å². The summed E-state index contributed by atoms with van der Waals surface area (Å²) in [6.07, 6.45) is 0.713. The molecule has 0 spiro atoms. The van der Waals surface area contributed by atoms with E-state index < -0.39 is 11.6 Å². The Balaban J connectivity index is 2.41. The zero-order valence-corrected chi connectivity index (χ0v) is 9.70. The minimum Gasteiger partial charge on any atom is -0.207 e. The van der Waals surface area contributed by atoms with Gasteiger partial charge in [0.25, 0.3) is 0 Å². The van der Waals surface area contributed by atoms with Crippen LogP contribution in [0.4, 0.5) is 8.78 Å². The fourth-order valence-corrected chi connectivity index (χ4v) is 2.48. The molecule has 0 nitrogen and oxygen atoms in total. The van der Waals surface area contributed by atoms with Crippen molar-refractivity contribution in [3.05, 3.63) is 35.4 Å². The molecule has 0 bridgehead atoms. The van der Waals surface area contributed by atoms with Crippen molar-refractivity contribution in [2.75, 3.05) is 0 Å². The van der Waals surface area contributed by atoms with Gasteiger partial charge in [0.15, 0.2) is 0 Å². The highest BCUT2D eigenvalue weighted by Crippen LogP contribution is 2.62. The highest BCUT2D eigenvalue weighted by molar-refractivity contribution is 9.25. The number of rotatable bonds is 1. The molecule has 1 aromatic carbocycles. The minimum atomic E-state index is -0.467. The van der Waals surface area contributed by atoms with Gasteiger partial charge in [0.2, 0.25) is 0 Å². The Morgan fingerprint density at radius 1 is 1.23 bits per heavy atom. The Bertz CT molecular complexity index is 329. The summed E-state index contributed by atoms with van der Waals surface area (Å²) in [5.41, 5.74) is 0.177. The maximum absolute atomic E-state index is 13.2. The Morgan fingerprint density at radius 2 is 1.69 bits per heavy atom. The van der Waals surface area contributed by atoms with Crippen molar-refractivity contribution in [3.8, 4) is 0 Å². The first kappa shape index (κ1) is 9.59. The third kappa shape index (κ3) is 1.66. The van der Waals surface area contributed by atoms with Crippen LogP contribution in [0.15, 0.2) is 18.2 Å². The van der Waals surface area contributed by atoms with E-state index in [1.165, 1.54) is 18.2 Å². The average Bonchev–Trinajstić information content (AvgIpc) is 2.59. The lowest BCUT2D eigenvalue weighted by molar-refractivity contribution is 0.557. The van der Waals surface area contributed by atoms with Crippen molar-refractivity contribution in [2.24, 2.45) is 0 Å². The van der Waals surface area contributed by atoms with E-state index in [0.29, 0.717) is 6.42 Å². The fourth-order valence-electron chi connectivity index (χ4n) is 1.37. The SMILES string of the molecule is Fc1cccc(F)c1C1CC1(Br)Br. The maximum atomic E-state index is 13.2. The van der Waals surface area contributed by atoms with Crippen LogP contribution in [0.25, 0.3) is 0 Å². The van der Waals surface area contributed by atoms with Gasteiger partial charge in [-0.1, -0.05) is 37.9 Å². The molecule has 1 aromatic rings. The van der Waals surface area contributed by atoms with Gasteiger partial charge in [-0.3, -0.25) is 0 Å². The molecule has 0 N–H and O–H groups in total. The molecule has 0 radical (unpaired) electrons. The molecule has 0 aromatic heterocycles. The lowest BCUT2D eigenvalue weighted by Gasteiger charge is -2.04. The topological polar surface area (TPSA) is 0 Å². The molecule has 0 saturated heterocycles. The van der Waals surface area contributed by atoms with Gasteiger partial charge < -0.3 is 0 Å². The Kier molecular flexibility index (Phi) is 2.23. The minimum absolute atomic E-state index is 0.103. The van der Waals surface area contributed by atoms with Crippen LogP contribution >= 0.6 is 31.9 Å². The normalized spacial score (nSPS) is 24.5. The molecule has 1 fully saturated rings. The van der Waals surface area contributed by atoms with E-state index >= 15 is 0 Å². The molecule has 0 heterocycles. The summed E-state index contributed by atoms with van der Waals surface area (Å²) in [4.78, 5) is 0. The van der Waals surface area contributed by atoms with Crippen LogP contribution in [-0.4, -0.2) is 3.23 Å². The van der Waals surface area contributed by atoms with Crippen molar-refractivity contribution in [1.82, 2.24) is 0 Å². The Hall–Kier alpha value is 0.0400. The lowest BCUT2D eigenvalue weighted by Crippen LogP contribution is -1.96. The van der Waals surface area contributed by atoms with E-state index in [4.69, 9.17) is 0 Å². The first-order valence-corrected chi connectivity index (χ1v) is 5.43. The van der Waals surface area contributed by atoms with E-state index in [1.807, 2.05) is 0 Å². The van der Waals surface area contributed by atoms with Crippen LogP contribution < -0.4 is 0 Å². The molecule has 13 heavy (non-hydrogen) atoms. The van der Waals surface area contributed by atoms with Gasteiger partial charge in [-0.05, 0) is 18.6 Å². The summed E-state index contributed by atoms with van der Waals surface area (Å²) in [5, 5.41) is 0. The predicted octanol–water partition coefficient (Wildman–Crippen LogP) is 3.94. The van der Waals surface area contributed by atoms with Gasteiger partial charge in [0.1, 0.15) is 11.6 Å². The summed E-state index contributed by atoms with van der Waals surface area (Å²) in [7, 11) is 0. The van der Waals surface area contributed by atoms with Gasteiger partial charge in [0.05, 0.1) is 3.23 Å². The van der Waals surface area contributed by atoms with E-state index in [1.54, 1.807) is 0 Å². The van der Waals surface area contributed by atoms with Crippen LogP contribution in [0.1, 0.15) is 17.9 Å². The summed E-state index contributed by atoms with van der Waals surface area (Å²) < 4.78 is 26.1. The van der Waals surface area contributed by atoms with E-state index in [0.717, 1.165) is 0 Å². The van der Waals surface area contributed by atoms with Crippen molar-refractivity contribution in [3.63, 3.8) is 0 Å². The second kappa shape index (κ2) is 3.02. The molecule has 2 rings (SSSR count). The Labute approximate surface area is 91.6 Å². The summed E-state index contributed by atoms with van der Waals surface area (Å²) in [6.45, 7) is 0. The van der Waals surface area contributed by atoms with Crippen LogP contribution in [0, 0.1) is 11.6 Å². The second-order valence-electron chi connectivity index (χ2n) is 3.15. The molecule has 70 valence electrons. The fraction of sp³-hybridized carbons (Fsp3) is 0.333. The summed E-state index contributed by atoms with van der Waals surface area (Å²) in [5.74, 6) is -1.04. The van der Waals surface area contributed by atoms with E-state index in [-0.39, 0.29) is 14.7 Å². The number of halogens is 4. The van der Waals surface area contributed by atoms with Gasteiger partial charge in [-0.2, -0.15) is 0 Å². The van der Waals surface area contributed by atoms with Gasteiger partial charge in [-0.15, -0.1) is 0 Å². The number of hydrogen-bond donors (Lipinski definition) is 0. The van der Waals surface area contributed by atoms with Crippen molar-refractivity contribution in [2.45, 2.75) is 15.6 Å². The standard InChI is InChI=1S/C9H6Br2F2/c10-9(11)4-5(9)8-6(12)2-1-3-7(8)13/h1-3,5H,4H2. The first-order chi connectivity index (χ1) is 6.02. The number of alkyl halides is 2. The smallest absolute Gasteiger partial charge is 0.129 e. The molecule has 4 heteroatoms. The van der Waals surface area contributed by atoms with Gasteiger partial charge >= 0.3 is 0 Å². The zero-order chi connectivity index (χ0) is 9.64. The Morgan fingerprint density at radius 3 is 2.08 bits per heavy atom. The first-order valence-electron chi connectivity index (χ1n) is 3.84. The molecular weight excluding hydrogens is 306 g/mol. The van der Waals surface area contributed by atoms with Gasteiger partial charge in [-0.25, -0.2) is 8.78 Å². The monoisotopic (exact) mass is 310 g/mol. The number of benzene rings is 1. The molecule has 1 aliphatic carbocycles. The third-order valence-corrected chi connectivity index (χ3v) is 3.93. The highest BCUT2D eigenvalue weighted by atomic mass is 79.9. The number of hydrogen-bond acceptors (Lipinski definition) is 0. The van der Waals surface area contributed by atoms with Crippen molar-refractivity contribution in [1.29, 1.82) is 0 Å². The quantitative estimate of drug-likeness (QED) is 0.689. The average molecular weight is 312 g/mol. The molecule has 0 amide bonds. The van der Waals surface area contributed by atoms with Crippen molar-refractivity contribution < 1.29 is 8.78 Å². The largest absolute Gasteiger partial charge is 0.207 e. The second-order valence-corrected chi connectivity index (χ2v) is 7.05. The maximum Gasteiger partial charge on any atom is 0.129 e. The third-order valence-electron chi connectivity index (χ3n) is 2.17. The molecule has 1 atom stereocenters. The summed E-state index contributed by atoms with van der Waals surface area (Å²) in [6, 6.07) is 3.94. The van der Waals surface area contributed by atoms with Crippen LogP contribution in [-0.2, 0) is 0 Å². The molecular formula is C9H6Br2F2. The lowest BCUT2D eigenvalue weighted by atomic mass is 10.1. The molecule has 1 aliphatic rings. The summed E-state index contributed by atoms with van der Waals surface area (Å²) >= 11 is 6.68. The van der Waals surface area contributed by atoms with Crippen LogP contribution in [0.3, 0.4) is 0 Å². The van der Waals surface area contributed by atoms with E-state index in [2.05, 4.69) is 31.9 Å². The molecule has 1 saturated carbocycles. The predicted molar refractivity (Wildman–Crippen MR) is 54.3 cm³/mol. The molecule has 1 unspecified atom stereocenters. The highest BCUT2D eigenvalue weighted by Gasteiger charge is 2.53. The van der Waals surface area contributed by atoms with Crippen LogP contribution in [0.5, 0.6) is 0 Å². The van der Waals surface area contributed by atoms with E-state index in [9.17, 15) is 8.78 Å². The van der Waals surface area contributed by atoms with Crippen molar-refractivity contribution >= 4 is 31.9 Å². The zero-order valence-electron chi connectivity index (χ0n) is 6.53. The van der Waals surface area contributed by atoms with Crippen LogP contribution in [0.2, 0.25) is 0 Å². The molecule has 0 aliphatic heterocycles.